The van der Waals surface area contributed by atoms with Crippen molar-refractivity contribution in [3.63, 3.8) is 0 Å². The Hall–Kier alpha value is -0.920. The Morgan fingerprint density at radius 1 is 1.43 bits per heavy atom. The molecule has 0 unspecified atom stereocenters. The summed E-state index contributed by atoms with van der Waals surface area (Å²) in [5.74, 6) is -1.15. The first kappa shape index (κ1) is 16.5. The van der Waals surface area contributed by atoms with E-state index in [1.807, 2.05) is 6.92 Å². The lowest BCUT2D eigenvalue weighted by Crippen LogP contribution is -2.30. The van der Waals surface area contributed by atoms with Gasteiger partial charge in [0, 0.05) is 11.0 Å². The zero-order valence-corrected chi connectivity index (χ0v) is 14.3. The van der Waals surface area contributed by atoms with Gasteiger partial charge in [-0.05, 0) is 49.3 Å². The van der Waals surface area contributed by atoms with Crippen LogP contribution in [0.5, 0.6) is 0 Å². The highest BCUT2D eigenvalue weighted by Gasteiger charge is 2.41. The van der Waals surface area contributed by atoms with Crippen molar-refractivity contribution in [2.45, 2.75) is 38.0 Å². The number of carboxylic acid groups (broad SMARTS) is 1. The van der Waals surface area contributed by atoms with Crippen LogP contribution in [-0.2, 0) is 10.0 Å². The SMILES string of the molecule is CCC1(CNS(=O)(=O)c2cc(C(=O)O)cc(Br)c2C)CC1. The van der Waals surface area contributed by atoms with Crippen LogP contribution in [0.2, 0.25) is 0 Å². The summed E-state index contributed by atoms with van der Waals surface area (Å²) in [7, 11) is -3.72. The van der Waals surface area contributed by atoms with Gasteiger partial charge in [-0.25, -0.2) is 17.9 Å². The second-order valence-corrected chi connectivity index (χ2v) is 8.15. The molecule has 1 aromatic rings. The molecule has 1 aliphatic rings. The Balaban J connectivity index is 2.33. The highest BCUT2D eigenvalue weighted by atomic mass is 79.9. The molecule has 0 saturated heterocycles. The summed E-state index contributed by atoms with van der Waals surface area (Å²) in [6.07, 6.45) is 3.00. The van der Waals surface area contributed by atoms with Crippen LogP contribution in [0.3, 0.4) is 0 Å². The number of halogens is 1. The quantitative estimate of drug-likeness (QED) is 0.800. The van der Waals surface area contributed by atoms with Crippen LogP contribution in [0.4, 0.5) is 0 Å². The van der Waals surface area contributed by atoms with E-state index in [1.54, 1.807) is 6.92 Å². The zero-order valence-electron chi connectivity index (χ0n) is 11.9. The first-order valence-electron chi connectivity index (χ1n) is 6.74. The molecular weight excluding hydrogens is 358 g/mol. The molecule has 21 heavy (non-hydrogen) atoms. The predicted octanol–water partition coefficient (Wildman–Crippen LogP) is 2.92. The van der Waals surface area contributed by atoms with Gasteiger partial charge in [-0.3, -0.25) is 0 Å². The molecule has 0 spiro atoms. The molecule has 0 atom stereocenters. The van der Waals surface area contributed by atoms with Crippen molar-refractivity contribution >= 4 is 31.9 Å². The molecule has 2 rings (SSSR count). The molecule has 0 heterocycles. The van der Waals surface area contributed by atoms with E-state index in [0.717, 1.165) is 19.3 Å². The summed E-state index contributed by atoms with van der Waals surface area (Å²) in [6.45, 7) is 4.10. The van der Waals surface area contributed by atoms with Gasteiger partial charge >= 0.3 is 5.97 Å². The molecule has 1 saturated carbocycles. The van der Waals surface area contributed by atoms with E-state index in [-0.39, 0.29) is 15.9 Å². The van der Waals surface area contributed by atoms with E-state index in [2.05, 4.69) is 20.7 Å². The standard InChI is InChI=1S/C14H18BrNO4S/c1-3-14(4-5-14)8-16-21(19,20)12-7-10(13(17)18)6-11(15)9(12)2/h6-7,16H,3-5,8H2,1-2H3,(H,17,18). The maximum atomic E-state index is 12.4. The molecule has 0 aromatic heterocycles. The van der Waals surface area contributed by atoms with Gasteiger partial charge in [0.25, 0.3) is 0 Å². The van der Waals surface area contributed by atoms with E-state index >= 15 is 0 Å². The van der Waals surface area contributed by atoms with Crippen molar-refractivity contribution in [2.75, 3.05) is 6.54 Å². The van der Waals surface area contributed by atoms with Crippen LogP contribution in [0.1, 0.15) is 42.1 Å². The average molecular weight is 376 g/mol. The minimum atomic E-state index is -3.72. The van der Waals surface area contributed by atoms with Crippen molar-refractivity contribution in [2.24, 2.45) is 5.41 Å². The number of carboxylic acids is 1. The Labute approximate surface area is 132 Å². The number of hydrogen-bond acceptors (Lipinski definition) is 3. The number of sulfonamides is 1. The van der Waals surface area contributed by atoms with Crippen LogP contribution in [-0.4, -0.2) is 26.0 Å². The van der Waals surface area contributed by atoms with Gasteiger partial charge in [0.15, 0.2) is 0 Å². The Morgan fingerprint density at radius 2 is 2.05 bits per heavy atom. The van der Waals surface area contributed by atoms with E-state index in [0.29, 0.717) is 16.6 Å². The summed E-state index contributed by atoms with van der Waals surface area (Å²) in [5, 5.41) is 9.06. The zero-order chi connectivity index (χ0) is 15.8. The maximum absolute atomic E-state index is 12.4. The number of benzene rings is 1. The fraction of sp³-hybridized carbons (Fsp3) is 0.500. The van der Waals surface area contributed by atoms with Crippen LogP contribution >= 0.6 is 15.9 Å². The largest absolute Gasteiger partial charge is 0.478 e. The number of aromatic carboxylic acids is 1. The maximum Gasteiger partial charge on any atom is 0.335 e. The van der Waals surface area contributed by atoms with Gasteiger partial charge in [0.2, 0.25) is 10.0 Å². The molecule has 0 amide bonds. The fourth-order valence-electron chi connectivity index (χ4n) is 2.21. The van der Waals surface area contributed by atoms with Crippen LogP contribution < -0.4 is 4.72 Å². The summed E-state index contributed by atoms with van der Waals surface area (Å²) in [4.78, 5) is 11.1. The third-order valence-electron chi connectivity index (χ3n) is 4.18. The molecule has 1 aliphatic carbocycles. The predicted molar refractivity (Wildman–Crippen MR) is 83.0 cm³/mol. The van der Waals surface area contributed by atoms with Gasteiger partial charge in [-0.15, -0.1) is 0 Å². The molecule has 1 fully saturated rings. The van der Waals surface area contributed by atoms with Crippen molar-refractivity contribution < 1.29 is 18.3 Å². The number of carbonyl (C=O) groups is 1. The van der Waals surface area contributed by atoms with Crippen molar-refractivity contribution in [1.82, 2.24) is 4.72 Å². The van der Waals surface area contributed by atoms with E-state index in [1.165, 1.54) is 12.1 Å². The molecule has 7 heteroatoms. The Bertz CT molecular complexity index is 680. The first-order valence-corrected chi connectivity index (χ1v) is 9.01. The van der Waals surface area contributed by atoms with Gasteiger partial charge < -0.3 is 5.11 Å². The van der Waals surface area contributed by atoms with Crippen molar-refractivity contribution in [3.8, 4) is 0 Å². The van der Waals surface area contributed by atoms with Gasteiger partial charge in [0.1, 0.15) is 0 Å². The minimum absolute atomic E-state index is 0.0150. The second-order valence-electron chi connectivity index (χ2n) is 5.56. The lowest BCUT2D eigenvalue weighted by molar-refractivity contribution is 0.0696. The topological polar surface area (TPSA) is 83.5 Å². The normalized spacial score (nSPS) is 16.7. The van der Waals surface area contributed by atoms with Crippen molar-refractivity contribution in [1.29, 1.82) is 0 Å². The summed E-state index contributed by atoms with van der Waals surface area (Å²) in [6, 6.07) is 2.61. The number of hydrogen-bond donors (Lipinski definition) is 2. The third kappa shape index (κ3) is 3.46. The van der Waals surface area contributed by atoms with Gasteiger partial charge in [0.05, 0.1) is 10.5 Å². The molecular formula is C14H18BrNO4S. The monoisotopic (exact) mass is 375 g/mol. The lowest BCUT2D eigenvalue weighted by Gasteiger charge is -2.16. The Kier molecular flexibility index (Phi) is 4.46. The summed E-state index contributed by atoms with van der Waals surface area (Å²) < 4.78 is 28.0. The molecule has 2 N–H and O–H groups in total. The molecule has 116 valence electrons. The highest BCUT2D eigenvalue weighted by Crippen LogP contribution is 2.48. The van der Waals surface area contributed by atoms with Crippen LogP contribution in [0.15, 0.2) is 21.5 Å². The molecule has 0 aliphatic heterocycles. The second kappa shape index (κ2) is 5.70. The van der Waals surface area contributed by atoms with Crippen LogP contribution in [0.25, 0.3) is 0 Å². The molecule has 0 radical (unpaired) electrons. The van der Waals surface area contributed by atoms with E-state index in [4.69, 9.17) is 5.11 Å². The lowest BCUT2D eigenvalue weighted by atomic mass is 10.1. The van der Waals surface area contributed by atoms with Crippen LogP contribution in [0, 0.1) is 12.3 Å². The summed E-state index contributed by atoms with van der Waals surface area (Å²) in [5.41, 5.74) is 0.543. The van der Waals surface area contributed by atoms with Crippen molar-refractivity contribution in [3.05, 3.63) is 27.7 Å². The van der Waals surface area contributed by atoms with Gasteiger partial charge in [-0.2, -0.15) is 0 Å². The number of nitrogens with one attached hydrogen (secondary N) is 1. The molecule has 5 nitrogen and oxygen atoms in total. The highest BCUT2D eigenvalue weighted by molar-refractivity contribution is 9.10. The smallest absolute Gasteiger partial charge is 0.335 e. The summed E-state index contributed by atoms with van der Waals surface area (Å²) >= 11 is 3.22. The fourth-order valence-corrected chi connectivity index (χ4v) is 4.25. The minimum Gasteiger partial charge on any atom is -0.478 e. The van der Waals surface area contributed by atoms with Gasteiger partial charge in [-0.1, -0.05) is 22.9 Å². The Morgan fingerprint density at radius 3 is 2.52 bits per heavy atom. The average Bonchev–Trinajstić information content (AvgIpc) is 3.20. The molecule has 0 bridgehead atoms. The molecule has 1 aromatic carbocycles. The first-order chi connectivity index (χ1) is 9.71. The number of rotatable bonds is 6. The van der Waals surface area contributed by atoms with E-state index in [9.17, 15) is 13.2 Å². The third-order valence-corrected chi connectivity index (χ3v) is 6.53. The van der Waals surface area contributed by atoms with E-state index < -0.39 is 16.0 Å².